The summed E-state index contributed by atoms with van der Waals surface area (Å²) in [5, 5.41) is 4.39. The Balaban J connectivity index is 2.40. The Hall–Kier alpha value is -1.59. The van der Waals surface area contributed by atoms with Crippen LogP contribution in [-0.4, -0.2) is 9.78 Å². The quantitative estimate of drug-likeness (QED) is 0.603. The van der Waals surface area contributed by atoms with Gasteiger partial charge in [-0.15, -0.1) is 0 Å². The van der Waals surface area contributed by atoms with Crippen LogP contribution in [0.4, 0.5) is 0 Å². The summed E-state index contributed by atoms with van der Waals surface area (Å²) in [7, 11) is 0. The number of hydrogen-bond acceptors (Lipinski definition) is 4. The average Bonchev–Trinajstić information content (AvgIpc) is 2.89. The molecule has 3 N–H and O–H groups in total. The van der Waals surface area contributed by atoms with Gasteiger partial charge in [-0.1, -0.05) is 0 Å². The van der Waals surface area contributed by atoms with E-state index in [9.17, 15) is 0 Å². The molecule has 0 fully saturated rings. The van der Waals surface area contributed by atoms with Gasteiger partial charge in [0.2, 0.25) is 0 Å². The zero-order valence-electron chi connectivity index (χ0n) is 9.47. The highest BCUT2D eigenvalue weighted by atomic mass is 16.3. The molecule has 0 aliphatic heterocycles. The highest BCUT2D eigenvalue weighted by Crippen LogP contribution is 2.22. The molecule has 2 heterocycles. The van der Waals surface area contributed by atoms with Gasteiger partial charge in [0, 0.05) is 6.54 Å². The number of rotatable bonds is 4. The van der Waals surface area contributed by atoms with E-state index in [1.807, 2.05) is 36.7 Å². The smallest absolute Gasteiger partial charge is 0.128 e. The predicted octanol–water partition coefficient (Wildman–Crippen LogP) is 1.36. The first-order valence-electron chi connectivity index (χ1n) is 5.30. The zero-order chi connectivity index (χ0) is 11.5. The van der Waals surface area contributed by atoms with Crippen LogP contribution in [0.5, 0.6) is 0 Å². The maximum Gasteiger partial charge on any atom is 0.128 e. The summed E-state index contributed by atoms with van der Waals surface area (Å²) in [6.07, 6.45) is 1.64. The fraction of sp³-hybridized carbons (Fsp3) is 0.364. The van der Waals surface area contributed by atoms with Crippen molar-refractivity contribution in [2.75, 3.05) is 0 Å². The van der Waals surface area contributed by atoms with Crippen LogP contribution in [0.1, 0.15) is 30.1 Å². The summed E-state index contributed by atoms with van der Waals surface area (Å²) in [4.78, 5) is 0. The third-order valence-corrected chi connectivity index (χ3v) is 2.52. The van der Waals surface area contributed by atoms with Crippen molar-refractivity contribution >= 4 is 0 Å². The van der Waals surface area contributed by atoms with Crippen molar-refractivity contribution in [3.8, 4) is 0 Å². The molecule has 1 unspecified atom stereocenters. The van der Waals surface area contributed by atoms with Crippen molar-refractivity contribution < 1.29 is 4.42 Å². The highest BCUT2D eigenvalue weighted by molar-refractivity contribution is 5.22. The number of furan rings is 1. The highest BCUT2D eigenvalue weighted by Gasteiger charge is 2.19. The minimum Gasteiger partial charge on any atom is -0.467 e. The number of nitrogens with zero attached hydrogens (tertiary/aromatic N) is 2. The minimum atomic E-state index is -0.156. The molecular weight excluding hydrogens is 204 g/mol. The molecule has 5 nitrogen and oxygen atoms in total. The van der Waals surface area contributed by atoms with Crippen LogP contribution in [0.25, 0.3) is 0 Å². The van der Waals surface area contributed by atoms with Crippen molar-refractivity contribution in [1.29, 1.82) is 0 Å². The van der Waals surface area contributed by atoms with Crippen LogP contribution >= 0.6 is 0 Å². The number of nitrogens with two attached hydrogens (primary N) is 1. The molecule has 0 radical (unpaired) electrons. The standard InChI is InChI=1S/C11H16N4O/c1-3-15-9(7-8(2)14-15)11(13-12)10-5-4-6-16-10/h4-7,11,13H,3,12H2,1-2H3. The van der Waals surface area contributed by atoms with Crippen molar-refractivity contribution in [3.05, 3.63) is 41.6 Å². The molecule has 2 aromatic rings. The Morgan fingerprint density at radius 1 is 1.62 bits per heavy atom. The fourth-order valence-corrected chi connectivity index (χ4v) is 1.82. The molecular formula is C11H16N4O. The van der Waals surface area contributed by atoms with E-state index in [0.29, 0.717) is 0 Å². The summed E-state index contributed by atoms with van der Waals surface area (Å²) in [6, 6.07) is 5.60. The molecule has 0 amide bonds. The van der Waals surface area contributed by atoms with E-state index in [-0.39, 0.29) is 6.04 Å². The molecule has 5 heteroatoms. The van der Waals surface area contributed by atoms with Gasteiger partial charge in [0.05, 0.1) is 17.7 Å². The molecule has 0 aliphatic carbocycles. The van der Waals surface area contributed by atoms with Gasteiger partial charge < -0.3 is 4.42 Å². The van der Waals surface area contributed by atoms with E-state index in [1.54, 1.807) is 6.26 Å². The van der Waals surface area contributed by atoms with Gasteiger partial charge in [-0.05, 0) is 32.0 Å². The first kappa shape index (κ1) is 10.9. The number of aryl methyl sites for hydroxylation is 2. The largest absolute Gasteiger partial charge is 0.467 e. The van der Waals surface area contributed by atoms with Gasteiger partial charge in [0.15, 0.2) is 0 Å². The Morgan fingerprint density at radius 2 is 2.44 bits per heavy atom. The number of aromatic nitrogens is 2. The Labute approximate surface area is 94.2 Å². The lowest BCUT2D eigenvalue weighted by Crippen LogP contribution is -2.30. The van der Waals surface area contributed by atoms with Crippen molar-refractivity contribution in [2.45, 2.75) is 26.4 Å². The topological polar surface area (TPSA) is 69.0 Å². The maximum atomic E-state index is 5.58. The van der Waals surface area contributed by atoms with Gasteiger partial charge in [0.1, 0.15) is 11.8 Å². The second-order valence-corrected chi connectivity index (χ2v) is 3.64. The first-order valence-corrected chi connectivity index (χ1v) is 5.30. The molecule has 2 aromatic heterocycles. The maximum absolute atomic E-state index is 5.58. The first-order chi connectivity index (χ1) is 7.76. The molecule has 0 aliphatic rings. The second-order valence-electron chi connectivity index (χ2n) is 3.64. The number of nitrogens with one attached hydrogen (secondary N) is 1. The summed E-state index contributed by atoms with van der Waals surface area (Å²) < 4.78 is 7.29. The lowest BCUT2D eigenvalue weighted by Gasteiger charge is -2.14. The Bertz CT molecular complexity index is 447. The minimum absolute atomic E-state index is 0.156. The van der Waals surface area contributed by atoms with Crippen molar-refractivity contribution in [1.82, 2.24) is 15.2 Å². The molecule has 86 valence electrons. The molecule has 0 saturated carbocycles. The second kappa shape index (κ2) is 4.51. The lowest BCUT2D eigenvalue weighted by atomic mass is 10.1. The molecule has 0 spiro atoms. The van der Waals surface area contributed by atoms with Gasteiger partial charge in [-0.25, -0.2) is 5.43 Å². The van der Waals surface area contributed by atoms with E-state index in [2.05, 4.69) is 10.5 Å². The van der Waals surface area contributed by atoms with Crippen LogP contribution in [0, 0.1) is 6.92 Å². The monoisotopic (exact) mass is 220 g/mol. The fourth-order valence-electron chi connectivity index (χ4n) is 1.82. The van der Waals surface area contributed by atoms with Crippen molar-refractivity contribution in [3.63, 3.8) is 0 Å². The number of hydrazine groups is 1. The molecule has 16 heavy (non-hydrogen) atoms. The average molecular weight is 220 g/mol. The third kappa shape index (κ3) is 1.87. The van der Waals surface area contributed by atoms with Crippen LogP contribution in [0.15, 0.2) is 28.9 Å². The summed E-state index contributed by atoms with van der Waals surface area (Å²) in [6.45, 7) is 4.82. The van der Waals surface area contributed by atoms with Crippen molar-refractivity contribution in [2.24, 2.45) is 5.84 Å². The molecule has 1 atom stereocenters. The van der Waals surface area contributed by atoms with Gasteiger partial charge in [-0.3, -0.25) is 10.5 Å². The summed E-state index contributed by atoms with van der Waals surface area (Å²) in [5.74, 6) is 6.37. The van der Waals surface area contributed by atoms with Gasteiger partial charge in [0.25, 0.3) is 0 Å². The Kier molecular flexibility index (Phi) is 3.07. The van der Waals surface area contributed by atoms with E-state index < -0.39 is 0 Å². The third-order valence-electron chi connectivity index (χ3n) is 2.52. The summed E-state index contributed by atoms with van der Waals surface area (Å²) in [5.41, 5.74) is 4.74. The molecule has 2 rings (SSSR count). The van der Waals surface area contributed by atoms with Crippen LogP contribution in [0.3, 0.4) is 0 Å². The van der Waals surface area contributed by atoms with Crippen LogP contribution < -0.4 is 11.3 Å². The zero-order valence-corrected chi connectivity index (χ0v) is 9.47. The molecule has 0 bridgehead atoms. The molecule has 0 saturated heterocycles. The van der Waals surface area contributed by atoms with Gasteiger partial charge in [-0.2, -0.15) is 5.10 Å². The van der Waals surface area contributed by atoms with Crippen LogP contribution in [-0.2, 0) is 6.54 Å². The molecule has 0 aromatic carbocycles. The number of hydrogen-bond donors (Lipinski definition) is 2. The van der Waals surface area contributed by atoms with Gasteiger partial charge >= 0.3 is 0 Å². The Morgan fingerprint density at radius 3 is 3.00 bits per heavy atom. The summed E-state index contributed by atoms with van der Waals surface area (Å²) >= 11 is 0. The van der Waals surface area contributed by atoms with Crippen LogP contribution in [0.2, 0.25) is 0 Å². The van der Waals surface area contributed by atoms with E-state index in [1.165, 1.54) is 0 Å². The van der Waals surface area contributed by atoms with E-state index >= 15 is 0 Å². The predicted molar refractivity (Wildman–Crippen MR) is 60.5 cm³/mol. The van der Waals surface area contributed by atoms with E-state index in [4.69, 9.17) is 10.3 Å². The normalized spacial score (nSPS) is 12.9. The lowest BCUT2D eigenvalue weighted by molar-refractivity contribution is 0.432. The van der Waals surface area contributed by atoms with E-state index in [0.717, 1.165) is 23.7 Å². The SMILES string of the molecule is CCn1nc(C)cc1C(NN)c1ccco1.